The molecule has 0 atom stereocenters. The first-order valence-corrected chi connectivity index (χ1v) is 7.71. The van der Waals surface area contributed by atoms with E-state index in [1.165, 1.54) is 10.4 Å². The molecule has 0 saturated carbocycles. The Labute approximate surface area is 126 Å². The van der Waals surface area contributed by atoms with Crippen molar-refractivity contribution in [2.75, 3.05) is 26.2 Å². The van der Waals surface area contributed by atoms with Crippen LogP contribution in [0.25, 0.3) is 0 Å². The molecule has 1 saturated heterocycles. The van der Waals surface area contributed by atoms with E-state index in [-0.39, 0.29) is 17.3 Å². The number of nitrogens with one attached hydrogen (secondary N) is 1. The van der Waals surface area contributed by atoms with Crippen LogP contribution in [0.3, 0.4) is 0 Å². The van der Waals surface area contributed by atoms with Crippen LogP contribution < -0.4 is 5.32 Å². The predicted octanol–water partition coefficient (Wildman–Crippen LogP) is 1.27. The molecule has 1 fully saturated rings. The molecular formula is C13H18ClN3O2S. The van der Waals surface area contributed by atoms with E-state index < -0.39 is 10.0 Å². The van der Waals surface area contributed by atoms with Gasteiger partial charge >= 0.3 is 0 Å². The van der Waals surface area contributed by atoms with Gasteiger partial charge in [-0.15, -0.1) is 12.4 Å². The van der Waals surface area contributed by atoms with Crippen LogP contribution in [0.15, 0.2) is 23.1 Å². The molecular weight excluding hydrogens is 298 g/mol. The molecule has 1 aliphatic rings. The lowest BCUT2D eigenvalue weighted by Crippen LogP contribution is -2.34. The van der Waals surface area contributed by atoms with E-state index in [4.69, 9.17) is 5.26 Å². The summed E-state index contributed by atoms with van der Waals surface area (Å²) < 4.78 is 26.5. The van der Waals surface area contributed by atoms with Gasteiger partial charge in [0.25, 0.3) is 0 Å². The topological polar surface area (TPSA) is 73.2 Å². The molecule has 7 heteroatoms. The predicted molar refractivity (Wildman–Crippen MR) is 79.4 cm³/mol. The zero-order chi connectivity index (χ0) is 13.9. The zero-order valence-electron chi connectivity index (χ0n) is 11.3. The van der Waals surface area contributed by atoms with Crippen molar-refractivity contribution in [2.45, 2.75) is 18.2 Å². The van der Waals surface area contributed by atoms with Crippen LogP contribution >= 0.6 is 12.4 Å². The Bertz CT molecular complexity index is 603. The molecule has 0 unspecified atom stereocenters. The summed E-state index contributed by atoms with van der Waals surface area (Å²) in [5.41, 5.74) is 1.20. The number of hydrogen-bond donors (Lipinski definition) is 1. The van der Waals surface area contributed by atoms with Crippen LogP contribution in [0, 0.1) is 18.3 Å². The minimum Gasteiger partial charge on any atom is -0.315 e. The lowest BCUT2D eigenvalue weighted by Gasteiger charge is -2.19. The van der Waals surface area contributed by atoms with Gasteiger partial charge in [-0.05, 0) is 43.7 Å². The number of halogens is 1. The molecule has 1 aliphatic heterocycles. The van der Waals surface area contributed by atoms with Crippen molar-refractivity contribution in [3.05, 3.63) is 29.3 Å². The first-order valence-electron chi connectivity index (χ1n) is 6.27. The summed E-state index contributed by atoms with van der Waals surface area (Å²) >= 11 is 0. The second kappa shape index (κ2) is 7.04. The molecule has 110 valence electrons. The van der Waals surface area contributed by atoms with Crippen LogP contribution in [0.5, 0.6) is 0 Å². The van der Waals surface area contributed by atoms with E-state index in [0.29, 0.717) is 30.8 Å². The van der Waals surface area contributed by atoms with E-state index in [9.17, 15) is 8.42 Å². The second-order valence-electron chi connectivity index (χ2n) is 4.60. The highest BCUT2D eigenvalue weighted by Crippen LogP contribution is 2.19. The number of benzene rings is 1. The highest BCUT2D eigenvalue weighted by molar-refractivity contribution is 7.89. The molecule has 1 aromatic carbocycles. The third-order valence-corrected chi connectivity index (χ3v) is 5.15. The number of aryl methyl sites for hydroxylation is 1. The molecule has 1 aromatic rings. The van der Waals surface area contributed by atoms with E-state index in [1.807, 2.05) is 6.07 Å². The number of hydrogen-bond acceptors (Lipinski definition) is 4. The monoisotopic (exact) mass is 315 g/mol. The average Bonchev–Trinajstić information content (AvgIpc) is 2.67. The summed E-state index contributed by atoms with van der Waals surface area (Å²) in [6.07, 6.45) is 0.814. The maximum atomic E-state index is 12.5. The minimum absolute atomic E-state index is 0. The van der Waals surface area contributed by atoms with Gasteiger partial charge in [0.15, 0.2) is 0 Å². The lowest BCUT2D eigenvalue weighted by atomic mass is 10.1. The molecule has 0 aromatic heterocycles. The SMILES string of the molecule is Cc1cc(S(=O)(=O)N2CCCNCC2)ccc1C#N.Cl. The van der Waals surface area contributed by atoms with Crippen molar-refractivity contribution in [1.82, 2.24) is 9.62 Å². The zero-order valence-corrected chi connectivity index (χ0v) is 12.9. The molecule has 5 nitrogen and oxygen atoms in total. The molecule has 1 heterocycles. The lowest BCUT2D eigenvalue weighted by molar-refractivity contribution is 0.432. The summed E-state index contributed by atoms with van der Waals surface area (Å²) in [5.74, 6) is 0. The first kappa shape index (κ1) is 16.9. The van der Waals surface area contributed by atoms with Crippen LogP contribution in [-0.4, -0.2) is 38.9 Å². The highest BCUT2D eigenvalue weighted by atomic mass is 35.5. The highest BCUT2D eigenvalue weighted by Gasteiger charge is 2.25. The Morgan fingerprint density at radius 1 is 1.30 bits per heavy atom. The average molecular weight is 316 g/mol. The van der Waals surface area contributed by atoms with E-state index in [0.717, 1.165) is 13.0 Å². The van der Waals surface area contributed by atoms with Crippen LogP contribution in [-0.2, 0) is 10.0 Å². The molecule has 0 aliphatic carbocycles. The molecule has 0 amide bonds. The van der Waals surface area contributed by atoms with Crippen molar-refractivity contribution < 1.29 is 8.42 Å². The Morgan fingerprint density at radius 2 is 2.05 bits per heavy atom. The summed E-state index contributed by atoms with van der Waals surface area (Å²) in [6, 6.07) is 6.70. The number of sulfonamides is 1. The molecule has 20 heavy (non-hydrogen) atoms. The fourth-order valence-electron chi connectivity index (χ4n) is 2.13. The van der Waals surface area contributed by atoms with Gasteiger partial charge in [0.1, 0.15) is 0 Å². The van der Waals surface area contributed by atoms with Crippen molar-refractivity contribution in [3.63, 3.8) is 0 Å². The maximum Gasteiger partial charge on any atom is 0.243 e. The molecule has 1 N–H and O–H groups in total. The third kappa shape index (κ3) is 3.49. The van der Waals surface area contributed by atoms with Crippen molar-refractivity contribution >= 4 is 22.4 Å². The van der Waals surface area contributed by atoms with Crippen LogP contribution in [0.1, 0.15) is 17.5 Å². The summed E-state index contributed by atoms with van der Waals surface area (Å²) in [5, 5.41) is 12.1. The van der Waals surface area contributed by atoms with Crippen LogP contribution in [0.4, 0.5) is 0 Å². The molecule has 2 rings (SSSR count). The van der Waals surface area contributed by atoms with E-state index >= 15 is 0 Å². The Balaban J connectivity index is 0.00000200. The first-order chi connectivity index (χ1) is 9.05. The third-order valence-electron chi connectivity index (χ3n) is 3.26. The van der Waals surface area contributed by atoms with Crippen molar-refractivity contribution in [3.8, 4) is 6.07 Å². The minimum atomic E-state index is -3.45. The van der Waals surface area contributed by atoms with Gasteiger partial charge in [0.2, 0.25) is 10.0 Å². The Kier molecular flexibility index (Phi) is 5.96. The number of nitrogens with zero attached hydrogens (tertiary/aromatic N) is 2. The fraction of sp³-hybridized carbons (Fsp3) is 0.462. The van der Waals surface area contributed by atoms with E-state index in [2.05, 4.69) is 5.32 Å². The van der Waals surface area contributed by atoms with Gasteiger partial charge in [0, 0.05) is 19.6 Å². The van der Waals surface area contributed by atoms with Gasteiger partial charge in [-0.3, -0.25) is 0 Å². The standard InChI is InChI=1S/C13H17N3O2S.ClH/c1-11-9-13(4-3-12(11)10-14)19(17,18)16-7-2-5-15-6-8-16;/h3-4,9,15H,2,5-8H2,1H3;1H. The molecule has 0 spiro atoms. The summed E-state index contributed by atoms with van der Waals surface area (Å²) in [4.78, 5) is 0.269. The normalized spacial score (nSPS) is 16.8. The Morgan fingerprint density at radius 3 is 2.70 bits per heavy atom. The summed E-state index contributed by atoms with van der Waals surface area (Å²) in [6.45, 7) is 4.30. The quantitative estimate of drug-likeness (QED) is 0.892. The van der Waals surface area contributed by atoms with Crippen molar-refractivity contribution in [2.24, 2.45) is 0 Å². The van der Waals surface area contributed by atoms with Gasteiger partial charge < -0.3 is 5.32 Å². The van der Waals surface area contributed by atoms with Gasteiger partial charge in [-0.25, -0.2) is 8.42 Å². The second-order valence-corrected chi connectivity index (χ2v) is 6.53. The molecule has 0 radical (unpaired) electrons. The summed E-state index contributed by atoms with van der Waals surface area (Å²) in [7, 11) is -3.45. The number of rotatable bonds is 2. The molecule has 0 bridgehead atoms. The van der Waals surface area contributed by atoms with E-state index in [1.54, 1.807) is 19.1 Å². The van der Waals surface area contributed by atoms with Gasteiger partial charge in [-0.1, -0.05) is 0 Å². The van der Waals surface area contributed by atoms with Gasteiger partial charge in [-0.2, -0.15) is 9.57 Å². The Hall–Kier alpha value is -1.13. The fourth-order valence-corrected chi connectivity index (χ4v) is 3.70. The van der Waals surface area contributed by atoms with Gasteiger partial charge in [0.05, 0.1) is 16.5 Å². The largest absolute Gasteiger partial charge is 0.315 e. The number of nitriles is 1. The van der Waals surface area contributed by atoms with Crippen molar-refractivity contribution in [1.29, 1.82) is 5.26 Å². The van der Waals surface area contributed by atoms with Crippen LogP contribution in [0.2, 0.25) is 0 Å². The smallest absolute Gasteiger partial charge is 0.243 e. The maximum absolute atomic E-state index is 12.5.